The Bertz CT molecular complexity index is 2380. The van der Waals surface area contributed by atoms with Crippen LogP contribution in [0.3, 0.4) is 0 Å². The lowest BCUT2D eigenvalue weighted by molar-refractivity contribution is -0.137. The number of likely N-dealkylation sites (tertiary alicyclic amines) is 1. The Balaban J connectivity index is 1.29. The molecule has 0 saturated carbocycles. The Morgan fingerprint density at radius 3 is 2.03 bits per heavy atom. The van der Waals surface area contributed by atoms with E-state index in [-0.39, 0.29) is 41.0 Å². The van der Waals surface area contributed by atoms with E-state index in [0.29, 0.717) is 99.4 Å². The van der Waals surface area contributed by atoms with E-state index in [1.54, 1.807) is 39.4 Å². The summed E-state index contributed by atoms with van der Waals surface area (Å²) in [5.74, 6) is 2.10. The van der Waals surface area contributed by atoms with Crippen molar-refractivity contribution in [3.05, 3.63) is 94.5 Å². The minimum Gasteiger partial charge on any atom is -0.497 e. The molecule has 0 aliphatic carbocycles. The highest BCUT2D eigenvalue weighted by molar-refractivity contribution is 6.34. The number of anilines is 2. The smallest absolute Gasteiger partial charge is 0.418 e. The molecule has 2 aliphatic rings. The summed E-state index contributed by atoms with van der Waals surface area (Å²) in [5.41, 5.74) is 0.118. The Hall–Kier alpha value is -5.62. The quantitative estimate of drug-likeness (QED) is 0.0938. The zero-order chi connectivity index (χ0) is 47.2. The number of ether oxygens (including phenoxy) is 6. The van der Waals surface area contributed by atoms with Gasteiger partial charge in [-0.15, -0.1) is 0 Å². The van der Waals surface area contributed by atoms with Crippen molar-refractivity contribution in [1.29, 1.82) is 0 Å². The second-order valence-corrected chi connectivity index (χ2v) is 17.7. The fraction of sp³-hybridized carbons (Fsp3) is 0.458. The summed E-state index contributed by atoms with van der Waals surface area (Å²) >= 11 is 7.07. The van der Waals surface area contributed by atoms with Gasteiger partial charge in [0.05, 0.1) is 48.7 Å². The fourth-order valence-corrected chi connectivity index (χ4v) is 8.39. The molecule has 0 unspecified atom stereocenters. The van der Waals surface area contributed by atoms with E-state index in [4.69, 9.17) is 55.0 Å². The van der Waals surface area contributed by atoms with Crippen molar-refractivity contribution in [3.63, 3.8) is 0 Å². The van der Waals surface area contributed by atoms with Gasteiger partial charge in [0.15, 0.2) is 0 Å². The van der Waals surface area contributed by atoms with Crippen LogP contribution in [0.1, 0.15) is 43.9 Å². The average Bonchev–Trinajstić information content (AvgIpc) is 3.71. The van der Waals surface area contributed by atoms with Crippen LogP contribution in [-0.4, -0.2) is 130 Å². The predicted molar refractivity (Wildman–Crippen MR) is 247 cm³/mol. The molecular formula is C48H57ClF3N7O7. The van der Waals surface area contributed by atoms with Gasteiger partial charge in [-0.1, -0.05) is 35.9 Å². The molecule has 5 aromatic rings. The lowest BCUT2D eigenvalue weighted by Gasteiger charge is -2.36. The Labute approximate surface area is 388 Å². The van der Waals surface area contributed by atoms with Gasteiger partial charge in [-0.3, -0.25) is 4.90 Å². The second kappa shape index (κ2) is 20.9. The zero-order valence-electron chi connectivity index (χ0n) is 38.4. The molecule has 2 fully saturated rings. The van der Waals surface area contributed by atoms with E-state index >= 15 is 13.2 Å². The number of carbonyl (C=O) groups excluding carboxylic acids is 1. The van der Waals surface area contributed by atoms with Crippen LogP contribution >= 0.6 is 11.6 Å². The third-order valence-corrected chi connectivity index (χ3v) is 11.9. The number of pyridine rings is 1. The monoisotopic (exact) mass is 935 g/mol. The highest BCUT2D eigenvalue weighted by Crippen LogP contribution is 2.42. The van der Waals surface area contributed by atoms with E-state index in [9.17, 15) is 4.79 Å². The molecule has 2 saturated heterocycles. The van der Waals surface area contributed by atoms with Crippen molar-refractivity contribution in [3.8, 4) is 28.8 Å². The zero-order valence-corrected chi connectivity index (χ0v) is 39.1. The largest absolute Gasteiger partial charge is 0.497 e. The first-order valence-electron chi connectivity index (χ1n) is 21.8. The first-order chi connectivity index (χ1) is 31.5. The molecule has 2 aliphatic heterocycles. The number of fused-ring (bicyclic) bond motifs is 1. The number of hydrogen-bond donors (Lipinski definition) is 0. The van der Waals surface area contributed by atoms with Crippen molar-refractivity contribution in [2.45, 2.75) is 64.2 Å². The van der Waals surface area contributed by atoms with Crippen LogP contribution in [0, 0.1) is 0 Å². The highest BCUT2D eigenvalue weighted by Gasteiger charge is 2.37. The lowest BCUT2D eigenvalue weighted by Crippen LogP contribution is -2.50. The van der Waals surface area contributed by atoms with Crippen LogP contribution in [0.15, 0.2) is 72.8 Å². The predicted octanol–water partition coefficient (Wildman–Crippen LogP) is 8.76. The minimum absolute atomic E-state index is 0.00365. The number of rotatable bonds is 16. The van der Waals surface area contributed by atoms with E-state index < -0.39 is 23.4 Å². The van der Waals surface area contributed by atoms with Crippen LogP contribution in [0.2, 0.25) is 5.02 Å². The molecule has 1 amide bonds. The van der Waals surface area contributed by atoms with Crippen molar-refractivity contribution >= 4 is 40.2 Å². The summed E-state index contributed by atoms with van der Waals surface area (Å²) in [5, 5.41) is 0.514. The number of carbonyl (C=O) groups is 1. The normalized spacial score (nSPS) is 17.0. The van der Waals surface area contributed by atoms with Gasteiger partial charge in [0.25, 0.3) is 0 Å². The topological polar surface area (TPSA) is 124 Å². The molecule has 2 aromatic heterocycles. The van der Waals surface area contributed by atoms with Crippen molar-refractivity contribution in [2.24, 2.45) is 0 Å². The second-order valence-electron chi connectivity index (χ2n) is 17.3. The van der Waals surface area contributed by atoms with E-state index in [1.807, 2.05) is 79.1 Å². The molecule has 0 spiro atoms. The third-order valence-electron chi connectivity index (χ3n) is 11.6. The highest BCUT2D eigenvalue weighted by atomic mass is 35.5. The number of amides is 1. The summed E-state index contributed by atoms with van der Waals surface area (Å²) in [6.45, 7) is 9.64. The molecule has 7 rings (SSSR count). The summed E-state index contributed by atoms with van der Waals surface area (Å²) in [6.07, 6.45) is -4.49. The number of benzene rings is 3. The first kappa shape index (κ1) is 48.3. The first-order valence-corrected chi connectivity index (χ1v) is 22.2. The maximum absolute atomic E-state index is 15.1. The summed E-state index contributed by atoms with van der Waals surface area (Å²) in [6, 6.07) is 20.5. The van der Waals surface area contributed by atoms with Crippen molar-refractivity contribution < 1.29 is 46.4 Å². The molecule has 0 bridgehead atoms. The Morgan fingerprint density at radius 2 is 1.47 bits per heavy atom. The SMILES string of the molecule is COCCN1C[C@H](OC)C[C@H]1COc1nc(N2CCN(C(=O)OC(C)(C)C)CC2)c2cc(Cl)c(-c3nc(N(Cc4ccc(OC)cc4)Cc4ccc(OC)cc4)ccc3C(F)(F)F)cc2n1. The summed E-state index contributed by atoms with van der Waals surface area (Å²) in [7, 11) is 6.50. The van der Waals surface area contributed by atoms with Crippen LogP contribution in [0.4, 0.5) is 29.6 Å². The number of hydrogen-bond acceptors (Lipinski definition) is 13. The summed E-state index contributed by atoms with van der Waals surface area (Å²) in [4.78, 5) is 35.2. The van der Waals surface area contributed by atoms with Gasteiger partial charge < -0.3 is 43.1 Å². The maximum Gasteiger partial charge on any atom is 0.418 e. The van der Waals surface area contributed by atoms with Crippen LogP contribution < -0.4 is 24.0 Å². The average molecular weight is 936 g/mol. The number of aromatic nitrogens is 3. The molecule has 66 heavy (non-hydrogen) atoms. The molecule has 0 radical (unpaired) electrons. The molecule has 4 heterocycles. The minimum atomic E-state index is -4.79. The number of piperazine rings is 1. The van der Waals surface area contributed by atoms with Crippen LogP contribution in [0.5, 0.6) is 17.5 Å². The van der Waals surface area contributed by atoms with Crippen molar-refractivity contribution in [2.75, 3.05) is 90.7 Å². The number of methoxy groups -OCH3 is 4. The van der Waals surface area contributed by atoms with Gasteiger partial charge in [0.1, 0.15) is 35.3 Å². The summed E-state index contributed by atoms with van der Waals surface area (Å²) < 4.78 is 79.0. The van der Waals surface area contributed by atoms with Crippen LogP contribution in [-0.2, 0) is 33.5 Å². The van der Waals surface area contributed by atoms with Gasteiger partial charge in [0, 0.05) is 83.6 Å². The van der Waals surface area contributed by atoms with Gasteiger partial charge in [0.2, 0.25) is 0 Å². The van der Waals surface area contributed by atoms with E-state index in [1.165, 1.54) is 12.1 Å². The number of halogens is 4. The third kappa shape index (κ3) is 11.8. The fourth-order valence-electron chi connectivity index (χ4n) is 8.14. The van der Waals surface area contributed by atoms with E-state index in [2.05, 4.69) is 4.90 Å². The Kier molecular flexibility index (Phi) is 15.3. The molecule has 354 valence electrons. The number of alkyl halides is 3. The molecule has 3 aromatic carbocycles. The molecule has 0 N–H and O–H groups in total. The van der Waals surface area contributed by atoms with E-state index in [0.717, 1.165) is 17.2 Å². The van der Waals surface area contributed by atoms with Gasteiger partial charge in [-0.25, -0.2) is 9.78 Å². The molecule has 14 nitrogen and oxygen atoms in total. The maximum atomic E-state index is 15.1. The standard InChI is InChI=1S/C48H57ClF3N7O7/c1-47(2,3)66-46(60)57-20-18-56(19-21-57)44-38-25-40(49)37(26-41(38)53-45(55-44)65-30-33-24-36(64-7)29-58(33)22-23-61-4)43-39(48(50,51)52)16-17-42(54-43)59(27-31-8-12-34(62-5)13-9-31)28-32-10-14-35(63-6)15-11-32/h8-17,25-26,33,36H,18-24,27-30H2,1-7H3/t33-,36+/m0/s1. The Morgan fingerprint density at radius 1 is 0.833 bits per heavy atom. The molecular weight excluding hydrogens is 879 g/mol. The molecule has 2 atom stereocenters. The van der Waals surface area contributed by atoms with Crippen molar-refractivity contribution in [1.82, 2.24) is 24.8 Å². The number of nitrogens with zero attached hydrogens (tertiary/aromatic N) is 7. The van der Waals surface area contributed by atoms with Gasteiger partial charge >= 0.3 is 18.3 Å². The lowest BCUT2D eigenvalue weighted by atomic mass is 10.0. The molecule has 18 heteroatoms. The van der Waals surface area contributed by atoms with Crippen LogP contribution in [0.25, 0.3) is 22.2 Å². The van der Waals surface area contributed by atoms with Gasteiger partial charge in [-0.05, 0) is 86.8 Å². The van der Waals surface area contributed by atoms with Gasteiger partial charge in [-0.2, -0.15) is 23.1 Å².